The number of halogens is 1. The number of hydrogen-bond donors (Lipinski definition) is 1. The van der Waals surface area contributed by atoms with Gasteiger partial charge in [0.2, 0.25) is 5.91 Å². The zero-order valence-corrected chi connectivity index (χ0v) is 16.4. The summed E-state index contributed by atoms with van der Waals surface area (Å²) in [6.45, 7) is 1.79. The molecule has 2 amide bonds. The second-order valence-electron chi connectivity index (χ2n) is 6.41. The molecule has 27 heavy (non-hydrogen) atoms. The molecule has 1 aliphatic rings. The summed E-state index contributed by atoms with van der Waals surface area (Å²) in [6, 6.07) is 14.6. The third kappa shape index (κ3) is 4.95. The molecule has 0 bridgehead atoms. The van der Waals surface area contributed by atoms with Crippen molar-refractivity contribution in [3.63, 3.8) is 0 Å². The van der Waals surface area contributed by atoms with E-state index >= 15 is 0 Å². The van der Waals surface area contributed by atoms with E-state index < -0.39 is 17.8 Å². The molecular formula is C20H19BrN2O4. The van der Waals surface area contributed by atoms with Gasteiger partial charge in [-0.3, -0.25) is 14.4 Å². The van der Waals surface area contributed by atoms with Gasteiger partial charge in [0.15, 0.2) is 6.61 Å². The van der Waals surface area contributed by atoms with Crippen LogP contribution in [-0.2, 0) is 19.1 Å². The summed E-state index contributed by atoms with van der Waals surface area (Å²) in [7, 11) is 0. The Morgan fingerprint density at radius 1 is 1.22 bits per heavy atom. The minimum Gasteiger partial charge on any atom is -0.455 e. The molecule has 1 saturated heterocycles. The van der Waals surface area contributed by atoms with Crippen molar-refractivity contribution in [3.05, 3.63) is 58.6 Å². The molecule has 140 valence electrons. The molecule has 1 aliphatic heterocycles. The highest BCUT2D eigenvalue weighted by molar-refractivity contribution is 9.10. The van der Waals surface area contributed by atoms with Crippen LogP contribution in [0, 0.1) is 12.8 Å². The molecule has 0 aliphatic carbocycles. The van der Waals surface area contributed by atoms with Crippen LogP contribution in [0.3, 0.4) is 0 Å². The molecule has 1 fully saturated rings. The largest absolute Gasteiger partial charge is 0.455 e. The Bertz CT molecular complexity index is 867. The average molecular weight is 431 g/mol. The zero-order chi connectivity index (χ0) is 19.4. The number of ether oxygens (including phenoxy) is 1. The minimum atomic E-state index is -0.576. The Hall–Kier alpha value is -2.67. The fourth-order valence-corrected chi connectivity index (χ4v) is 3.17. The molecule has 6 nitrogen and oxygen atoms in total. The number of rotatable bonds is 5. The number of nitrogens with one attached hydrogen (secondary N) is 1. The maximum Gasteiger partial charge on any atom is 0.311 e. The van der Waals surface area contributed by atoms with Crippen LogP contribution in [0.2, 0.25) is 0 Å². The van der Waals surface area contributed by atoms with Crippen LogP contribution < -0.4 is 10.2 Å². The molecule has 0 unspecified atom stereocenters. The van der Waals surface area contributed by atoms with E-state index in [0.29, 0.717) is 5.69 Å². The smallest absolute Gasteiger partial charge is 0.311 e. The van der Waals surface area contributed by atoms with Gasteiger partial charge in [-0.25, -0.2) is 0 Å². The van der Waals surface area contributed by atoms with Gasteiger partial charge in [0.25, 0.3) is 5.91 Å². The Balaban J connectivity index is 1.52. The van der Waals surface area contributed by atoms with Crippen molar-refractivity contribution in [1.82, 2.24) is 0 Å². The molecule has 1 N–H and O–H groups in total. The highest BCUT2D eigenvalue weighted by Crippen LogP contribution is 2.27. The molecule has 0 radical (unpaired) electrons. The van der Waals surface area contributed by atoms with Gasteiger partial charge in [-0.15, -0.1) is 0 Å². The Morgan fingerprint density at radius 3 is 2.67 bits per heavy atom. The van der Waals surface area contributed by atoms with E-state index in [9.17, 15) is 14.4 Å². The summed E-state index contributed by atoms with van der Waals surface area (Å²) in [5, 5.41) is 2.68. The van der Waals surface area contributed by atoms with Crippen LogP contribution in [-0.4, -0.2) is 30.9 Å². The molecule has 2 aromatic carbocycles. The van der Waals surface area contributed by atoms with Gasteiger partial charge in [-0.1, -0.05) is 28.1 Å². The number of esters is 1. The van der Waals surface area contributed by atoms with Crippen LogP contribution >= 0.6 is 15.9 Å². The van der Waals surface area contributed by atoms with Crippen molar-refractivity contribution in [2.24, 2.45) is 5.92 Å². The van der Waals surface area contributed by atoms with Crippen LogP contribution in [0.5, 0.6) is 0 Å². The lowest BCUT2D eigenvalue weighted by Crippen LogP contribution is -2.28. The van der Waals surface area contributed by atoms with Crippen molar-refractivity contribution >= 4 is 45.1 Å². The second-order valence-corrected chi connectivity index (χ2v) is 7.32. The van der Waals surface area contributed by atoms with Gasteiger partial charge < -0.3 is 15.0 Å². The predicted octanol–water partition coefficient (Wildman–Crippen LogP) is 3.29. The standard InChI is InChI=1S/C20H19BrN2O4/c1-13-3-2-4-16(9-13)22-18(24)12-27-20(26)14-10-19(25)23(11-14)17-7-5-15(21)6-8-17/h2-9,14H,10-12H2,1H3,(H,22,24)/t14-/m0/s1. The van der Waals surface area contributed by atoms with Crippen molar-refractivity contribution in [2.75, 3.05) is 23.4 Å². The maximum absolute atomic E-state index is 12.2. The molecule has 1 heterocycles. The fraction of sp³-hybridized carbons (Fsp3) is 0.250. The minimum absolute atomic E-state index is 0.0778. The van der Waals surface area contributed by atoms with Gasteiger partial charge >= 0.3 is 5.97 Å². The molecule has 7 heteroatoms. The first-order valence-electron chi connectivity index (χ1n) is 8.51. The van der Waals surface area contributed by atoms with Gasteiger partial charge in [0.05, 0.1) is 5.92 Å². The third-order valence-electron chi connectivity index (χ3n) is 4.24. The Kier molecular flexibility index (Phi) is 5.91. The second kappa shape index (κ2) is 8.35. The van der Waals surface area contributed by atoms with Gasteiger partial charge in [0, 0.05) is 28.8 Å². The molecule has 0 spiro atoms. The van der Waals surface area contributed by atoms with Gasteiger partial charge in [0.1, 0.15) is 0 Å². The van der Waals surface area contributed by atoms with E-state index in [1.807, 2.05) is 49.4 Å². The topological polar surface area (TPSA) is 75.7 Å². The van der Waals surface area contributed by atoms with Gasteiger partial charge in [-0.2, -0.15) is 0 Å². The highest BCUT2D eigenvalue weighted by Gasteiger charge is 2.36. The Morgan fingerprint density at radius 2 is 1.96 bits per heavy atom. The molecular weight excluding hydrogens is 412 g/mol. The molecule has 0 saturated carbocycles. The number of carbonyl (C=O) groups is 3. The van der Waals surface area contributed by atoms with Crippen molar-refractivity contribution in [1.29, 1.82) is 0 Å². The lowest BCUT2D eigenvalue weighted by Gasteiger charge is -2.16. The number of amides is 2. The number of benzene rings is 2. The monoisotopic (exact) mass is 430 g/mol. The summed E-state index contributed by atoms with van der Waals surface area (Å²) >= 11 is 3.35. The van der Waals surface area contributed by atoms with Crippen LogP contribution in [0.15, 0.2) is 53.0 Å². The number of hydrogen-bond acceptors (Lipinski definition) is 4. The number of nitrogens with zero attached hydrogens (tertiary/aromatic N) is 1. The van der Waals surface area contributed by atoms with E-state index in [0.717, 1.165) is 15.7 Å². The van der Waals surface area contributed by atoms with Crippen molar-refractivity contribution < 1.29 is 19.1 Å². The normalized spacial score (nSPS) is 16.3. The zero-order valence-electron chi connectivity index (χ0n) is 14.8. The summed E-state index contributed by atoms with van der Waals surface area (Å²) in [4.78, 5) is 38.0. The van der Waals surface area contributed by atoms with Crippen molar-refractivity contribution in [3.8, 4) is 0 Å². The summed E-state index contributed by atoms with van der Waals surface area (Å²) in [6.07, 6.45) is 0.0778. The fourth-order valence-electron chi connectivity index (χ4n) is 2.91. The number of carbonyl (C=O) groups excluding carboxylic acids is 3. The molecule has 2 aromatic rings. The Labute approximate surface area is 165 Å². The van der Waals surface area contributed by atoms with Crippen molar-refractivity contribution in [2.45, 2.75) is 13.3 Å². The number of anilines is 2. The van der Waals surface area contributed by atoms with E-state index in [1.165, 1.54) is 0 Å². The quantitative estimate of drug-likeness (QED) is 0.738. The molecule has 1 atom stereocenters. The van der Waals surface area contributed by atoms with Crippen LogP contribution in [0.1, 0.15) is 12.0 Å². The average Bonchev–Trinajstić information content (AvgIpc) is 3.02. The summed E-state index contributed by atoms with van der Waals surface area (Å²) in [5.74, 6) is -1.67. The van der Waals surface area contributed by atoms with Crippen LogP contribution in [0.4, 0.5) is 11.4 Å². The highest BCUT2D eigenvalue weighted by atomic mass is 79.9. The first-order chi connectivity index (χ1) is 12.9. The summed E-state index contributed by atoms with van der Waals surface area (Å²) in [5.41, 5.74) is 2.39. The number of aryl methyl sites for hydroxylation is 1. The lowest BCUT2D eigenvalue weighted by atomic mass is 10.1. The SMILES string of the molecule is Cc1cccc(NC(=O)COC(=O)[C@H]2CC(=O)N(c3ccc(Br)cc3)C2)c1. The molecule has 0 aromatic heterocycles. The van der Waals surface area contributed by atoms with Gasteiger partial charge in [-0.05, 0) is 48.9 Å². The van der Waals surface area contributed by atoms with E-state index in [-0.39, 0.29) is 25.5 Å². The third-order valence-corrected chi connectivity index (χ3v) is 4.77. The molecule has 3 rings (SSSR count). The lowest BCUT2D eigenvalue weighted by molar-refractivity contribution is -0.151. The van der Waals surface area contributed by atoms with E-state index in [2.05, 4.69) is 21.2 Å². The first kappa shape index (κ1) is 19.1. The summed E-state index contributed by atoms with van der Waals surface area (Å²) < 4.78 is 6.02. The van der Waals surface area contributed by atoms with E-state index in [4.69, 9.17) is 4.74 Å². The van der Waals surface area contributed by atoms with E-state index in [1.54, 1.807) is 11.0 Å². The maximum atomic E-state index is 12.2. The van der Waals surface area contributed by atoms with Crippen LogP contribution in [0.25, 0.3) is 0 Å². The first-order valence-corrected chi connectivity index (χ1v) is 9.31. The predicted molar refractivity (Wildman–Crippen MR) is 105 cm³/mol.